The van der Waals surface area contributed by atoms with Crippen molar-refractivity contribution in [3.63, 3.8) is 0 Å². The van der Waals surface area contributed by atoms with Crippen LogP contribution >= 0.6 is 0 Å². The number of allylic oxidation sites excluding steroid dienone is 2. The quantitative estimate of drug-likeness (QED) is 0.485. The third-order valence-electron chi connectivity index (χ3n) is 10.9. The van der Waals surface area contributed by atoms with Gasteiger partial charge in [0.05, 0.1) is 6.10 Å². The fourth-order valence-corrected chi connectivity index (χ4v) is 8.33. The summed E-state index contributed by atoms with van der Waals surface area (Å²) in [5, 5.41) is 23.5. The van der Waals surface area contributed by atoms with Gasteiger partial charge in [0, 0.05) is 30.8 Å². The van der Waals surface area contributed by atoms with E-state index in [4.69, 9.17) is 4.74 Å². The van der Waals surface area contributed by atoms with Crippen LogP contribution in [0.25, 0.3) is 0 Å². The smallest absolute Gasteiger partial charge is 0.135 e. The molecule has 0 saturated heterocycles. The van der Waals surface area contributed by atoms with Crippen molar-refractivity contribution < 1.29 is 19.7 Å². The maximum absolute atomic E-state index is 12.4. The van der Waals surface area contributed by atoms with Gasteiger partial charge < -0.3 is 14.9 Å². The number of aliphatic hydroxyl groups excluding tert-OH is 1. The molecule has 4 nitrogen and oxygen atoms in total. The zero-order chi connectivity index (χ0) is 25.1. The van der Waals surface area contributed by atoms with Crippen molar-refractivity contribution in [2.24, 2.45) is 46.3 Å². The third kappa shape index (κ3) is 3.87. The predicted molar refractivity (Wildman–Crippen MR) is 136 cm³/mol. The molecule has 192 valence electrons. The molecule has 3 fully saturated rings. The lowest BCUT2D eigenvalue weighted by Crippen LogP contribution is -2.65. The van der Waals surface area contributed by atoms with E-state index in [1.807, 2.05) is 6.92 Å². The zero-order valence-electron chi connectivity index (χ0n) is 22.5. The van der Waals surface area contributed by atoms with Crippen molar-refractivity contribution >= 4 is 5.78 Å². The first-order valence-electron chi connectivity index (χ1n) is 13.8. The molecule has 3 saturated carbocycles. The highest BCUT2D eigenvalue weighted by atomic mass is 16.5. The standard InChI is InChI=1S/C30H48O4/c1-8-34-26-15-22-23(29(7)14-11-21(31)17-30(26,29)33)12-13-28(6)24(16-25(32)27(22)28)20(5)10-9-19(4)18(2)3/h9-10,15,18-20,23-27,32-33H,8,11-14,16-17H2,1-7H3. The highest BCUT2D eigenvalue weighted by Crippen LogP contribution is 2.67. The highest BCUT2D eigenvalue weighted by molar-refractivity contribution is 5.81. The number of hydrogen-bond acceptors (Lipinski definition) is 4. The number of ketones is 1. The van der Waals surface area contributed by atoms with E-state index in [9.17, 15) is 15.0 Å². The molecule has 2 N–H and O–H groups in total. The first-order valence-corrected chi connectivity index (χ1v) is 13.8. The lowest BCUT2D eigenvalue weighted by molar-refractivity contribution is -0.204. The minimum absolute atomic E-state index is 0.0274. The van der Waals surface area contributed by atoms with E-state index in [2.05, 4.69) is 59.8 Å². The number of carbonyl (C=O) groups is 1. The molecule has 0 amide bonds. The molecule has 4 heteroatoms. The van der Waals surface area contributed by atoms with Gasteiger partial charge in [0.25, 0.3) is 0 Å². The van der Waals surface area contributed by atoms with Gasteiger partial charge in [0.15, 0.2) is 0 Å². The van der Waals surface area contributed by atoms with Crippen LogP contribution < -0.4 is 0 Å². The molecule has 0 aromatic rings. The largest absolute Gasteiger partial charge is 0.392 e. The summed E-state index contributed by atoms with van der Waals surface area (Å²) in [5.41, 5.74) is -0.232. The summed E-state index contributed by atoms with van der Waals surface area (Å²) >= 11 is 0. The molecule has 10 atom stereocenters. The molecule has 0 radical (unpaired) electrons. The molecule has 0 aliphatic heterocycles. The van der Waals surface area contributed by atoms with Crippen LogP contribution in [-0.4, -0.2) is 40.4 Å². The van der Waals surface area contributed by atoms with Crippen molar-refractivity contribution in [3.05, 3.63) is 23.8 Å². The summed E-state index contributed by atoms with van der Waals surface area (Å²) < 4.78 is 6.12. The van der Waals surface area contributed by atoms with Crippen molar-refractivity contribution in [1.82, 2.24) is 0 Å². The number of rotatable bonds is 6. The molecule has 4 aliphatic rings. The maximum atomic E-state index is 12.4. The molecule has 4 aliphatic carbocycles. The lowest BCUT2D eigenvalue weighted by Gasteiger charge is -2.62. The van der Waals surface area contributed by atoms with Crippen molar-refractivity contribution in [2.45, 2.75) is 105 Å². The molecule has 10 unspecified atom stereocenters. The summed E-state index contributed by atoms with van der Waals surface area (Å²) in [4.78, 5) is 12.4. The van der Waals surface area contributed by atoms with Gasteiger partial charge in [-0.25, -0.2) is 0 Å². The van der Waals surface area contributed by atoms with Crippen LogP contribution in [0.3, 0.4) is 0 Å². The fraction of sp³-hybridized carbons (Fsp3) is 0.833. The van der Waals surface area contributed by atoms with Crippen LogP contribution in [-0.2, 0) is 9.53 Å². The Labute approximate surface area is 207 Å². The average Bonchev–Trinajstić information content (AvgIpc) is 3.04. The summed E-state index contributed by atoms with van der Waals surface area (Å²) in [5.74, 6) is 2.44. The van der Waals surface area contributed by atoms with Crippen LogP contribution in [0, 0.1) is 46.3 Å². The van der Waals surface area contributed by atoms with Gasteiger partial charge in [0.1, 0.15) is 17.5 Å². The summed E-state index contributed by atoms with van der Waals surface area (Å²) in [6, 6.07) is 0. The second-order valence-electron chi connectivity index (χ2n) is 12.9. The zero-order valence-corrected chi connectivity index (χ0v) is 22.5. The van der Waals surface area contributed by atoms with Crippen LogP contribution in [0.5, 0.6) is 0 Å². The molecular formula is C30H48O4. The van der Waals surface area contributed by atoms with Crippen molar-refractivity contribution in [1.29, 1.82) is 0 Å². The first-order chi connectivity index (χ1) is 15.9. The van der Waals surface area contributed by atoms with Crippen LogP contribution in [0.2, 0.25) is 0 Å². The van der Waals surface area contributed by atoms with Crippen LogP contribution in [0.4, 0.5) is 0 Å². The Kier molecular flexibility index (Phi) is 7.03. The molecule has 0 bridgehead atoms. The summed E-state index contributed by atoms with van der Waals surface area (Å²) in [6.45, 7) is 16.2. The Hall–Kier alpha value is -0.970. The van der Waals surface area contributed by atoms with Crippen molar-refractivity contribution in [3.8, 4) is 0 Å². The monoisotopic (exact) mass is 472 g/mol. The van der Waals surface area contributed by atoms with Gasteiger partial charge in [0.2, 0.25) is 0 Å². The Morgan fingerprint density at radius 3 is 2.53 bits per heavy atom. The highest BCUT2D eigenvalue weighted by Gasteiger charge is 2.66. The minimum Gasteiger partial charge on any atom is -0.392 e. The average molecular weight is 473 g/mol. The summed E-state index contributed by atoms with van der Waals surface area (Å²) in [6.07, 6.45) is 10.3. The summed E-state index contributed by atoms with van der Waals surface area (Å²) in [7, 11) is 0. The third-order valence-corrected chi connectivity index (χ3v) is 10.9. The Morgan fingerprint density at radius 1 is 1.18 bits per heavy atom. The molecule has 0 spiro atoms. The van der Waals surface area contributed by atoms with Crippen LogP contribution in [0.1, 0.15) is 87.0 Å². The predicted octanol–water partition coefficient (Wildman–Crippen LogP) is 5.72. The number of hydrogen-bond donors (Lipinski definition) is 2. The molecule has 0 aromatic heterocycles. The number of fused-ring (bicyclic) bond motifs is 5. The number of aliphatic hydroxyl groups is 2. The Morgan fingerprint density at radius 2 is 1.88 bits per heavy atom. The maximum Gasteiger partial charge on any atom is 0.135 e. The minimum atomic E-state index is -1.16. The van der Waals surface area contributed by atoms with E-state index >= 15 is 0 Å². The number of carbonyl (C=O) groups excluding carboxylic acids is 1. The van der Waals surface area contributed by atoms with Crippen molar-refractivity contribution in [2.75, 3.05) is 6.61 Å². The molecular weight excluding hydrogens is 424 g/mol. The van der Waals surface area contributed by atoms with E-state index < -0.39 is 17.1 Å². The van der Waals surface area contributed by atoms with E-state index in [-0.39, 0.29) is 35.6 Å². The first kappa shape index (κ1) is 26.1. The van der Waals surface area contributed by atoms with Gasteiger partial charge in [-0.2, -0.15) is 0 Å². The van der Waals surface area contributed by atoms with Gasteiger partial charge in [-0.05, 0) is 67.6 Å². The molecule has 34 heavy (non-hydrogen) atoms. The van der Waals surface area contributed by atoms with Crippen LogP contribution in [0.15, 0.2) is 23.8 Å². The van der Waals surface area contributed by atoms with Gasteiger partial charge >= 0.3 is 0 Å². The van der Waals surface area contributed by atoms with Gasteiger partial charge in [-0.1, -0.05) is 65.3 Å². The Balaban J connectivity index is 1.70. The number of ether oxygens (including phenoxy) is 1. The number of Topliss-reactive ketones (excluding diaryl/α,β-unsaturated/α-hetero) is 1. The van der Waals surface area contributed by atoms with E-state index in [1.54, 1.807) is 0 Å². The van der Waals surface area contributed by atoms with E-state index in [0.29, 0.717) is 43.1 Å². The SMILES string of the molecule is CCOC1C=C2C3C(O)CC(C(C)C=CC(C)C(C)C)C3(C)CCC2C2(C)CCC(=O)CC12O. The molecule has 0 heterocycles. The van der Waals surface area contributed by atoms with E-state index in [0.717, 1.165) is 19.3 Å². The molecule has 4 rings (SSSR count). The fourth-order valence-electron chi connectivity index (χ4n) is 8.33. The van der Waals surface area contributed by atoms with Gasteiger partial charge in [-0.15, -0.1) is 0 Å². The van der Waals surface area contributed by atoms with E-state index in [1.165, 1.54) is 5.57 Å². The normalized spacial score (nSPS) is 46.1. The second kappa shape index (κ2) is 9.16. The molecule has 0 aromatic carbocycles. The lowest BCUT2D eigenvalue weighted by atomic mass is 9.45. The Bertz CT molecular complexity index is 845. The topological polar surface area (TPSA) is 66.8 Å². The van der Waals surface area contributed by atoms with Gasteiger partial charge in [-0.3, -0.25) is 4.79 Å². The second-order valence-corrected chi connectivity index (χ2v) is 12.9.